The fourth-order valence-electron chi connectivity index (χ4n) is 3.72. The van der Waals surface area contributed by atoms with Crippen LogP contribution in [0.3, 0.4) is 0 Å². The summed E-state index contributed by atoms with van der Waals surface area (Å²) >= 11 is 0. The van der Waals surface area contributed by atoms with E-state index in [1.165, 1.54) is 28.6 Å². The third kappa shape index (κ3) is 4.25. The van der Waals surface area contributed by atoms with Gasteiger partial charge in [0.2, 0.25) is 10.0 Å². The fraction of sp³-hybridized carbons (Fsp3) is 0.174. The third-order valence-electron chi connectivity index (χ3n) is 5.44. The van der Waals surface area contributed by atoms with Crippen LogP contribution in [-0.4, -0.2) is 54.6 Å². The summed E-state index contributed by atoms with van der Waals surface area (Å²) in [7, 11) is -4.03. The van der Waals surface area contributed by atoms with Crippen LogP contribution >= 0.6 is 0 Å². The van der Waals surface area contributed by atoms with Crippen LogP contribution in [0, 0.1) is 10.1 Å². The Hall–Kier alpha value is -3.56. The first-order chi connectivity index (χ1) is 15.4. The third-order valence-corrected chi connectivity index (χ3v) is 7.39. The molecule has 3 aromatic carbocycles. The molecule has 0 radical (unpaired) electrons. The highest BCUT2D eigenvalue weighted by Gasteiger charge is 2.34. The molecule has 1 fully saturated rings. The first-order valence-corrected chi connectivity index (χ1v) is 11.5. The number of amides is 1. The van der Waals surface area contributed by atoms with Crippen molar-refractivity contribution in [2.24, 2.45) is 0 Å². The van der Waals surface area contributed by atoms with Gasteiger partial charge in [-0.1, -0.05) is 54.6 Å². The lowest BCUT2D eigenvalue weighted by atomic mass is 10.0. The zero-order valence-electron chi connectivity index (χ0n) is 17.1. The Morgan fingerprint density at radius 3 is 1.97 bits per heavy atom. The molecule has 0 aromatic heterocycles. The van der Waals surface area contributed by atoms with Crippen LogP contribution in [0.2, 0.25) is 0 Å². The van der Waals surface area contributed by atoms with Crippen LogP contribution in [0.4, 0.5) is 5.69 Å². The Morgan fingerprint density at radius 2 is 1.34 bits per heavy atom. The maximum Gasteiger partial charge on any atom is 0.289 e. The molecule has 0 N–H and O–H groups in total. The molecule has 0 saturated carbocycles. The van der Waals surface area contributed by atoms with Crippen molar-refractivity contribution < 1.29 is 18.1 Å². The van der Waals surface area contributed by atoms with Gasteiger partial charge < -0.3 is 4.90 Å². The second-order valence-electron chi connectivity index (χ2n) is 7.36. The summed E-state index contributed by atoms with van der Waals surface area (Å²) < 4.78 is 27.1. The number of rotatable bonds is 5. The normalized spacial score (nSPS) is 14.8. The van der Waals surface area contributed by atoms with Gasteiger partial charge in [0, 0.05) is 37.8 Å². The van der Waals surface area contributed by atoms with Crippen molar-refractivity contribution in [3.63, 3.8) is 0 Å². The molecule has 0 spiro atoms. The highest BCUT2D eigenvalue weighted by Crippen LogP contribution is 2.27. The van der Waals surface area contributed by atoms with Gasteiger partial charge >= 0.3 is 0 Å². The molecule has 0 aliphatic carbocycles. The molecule has 1 aliphatic heterocycles. The smallest absolute Gasteiger partial charge is 0.289 e. The first-order valence-electron chi connectivity index (χ1n) is 10.1. The molecule has 4 rings (SSSR count). The van der Waals surface area contributed by atoms with Crippen LogP contribution in [0.1, 0.15) is 10.4 Å². The van der Waals surface area contributed by atoms with Crippen molar-refractivity contribution in [1.82, 2.24) is 9.21 Å². The predicted octanol–water partition coefficient (Wildman–Crippen LogP) is 3.41. The van der Waals surface area contributed by atoms with E-state index in [1.807, 2.05) is 42.5 Å². The molecule has 9 heteroatoms. The highest BCUT2D eigenvalue weighted by atomic mass is 32.2. The second-order valence-corrected chi connectivity index (χ2v) is 9.27. The number of carbonyl (C=O) groups is 1. The zero-order valence-corrected chi connectivity index (χ0v) is 17.9. The minimum atomic E-state index is -4.03. The first kappa shape index (κ1) is 21.7. The Bertz CT molecular complexity index is 1240. The minimum Gasteiger partial charge on any atom is -0.336 e. The van der Waals surface area contributed by atoms with Crippen LogP contribution in [-0.2, 0) is 10.0 Å². The van der Waals surface area contributed by atoms with E-state index in [0.29, 0.717) is 5.56 Å². The molecular formula is C23H21N3O5S. The molecule has 8 nitrogen and oxygen atoms in total. The lowest BCUT2D eigenvalue weighted by Gasteiger charge is -2.34. The molecule has 1 amide bonds. The van der Waals surface area contributed by atoms with Crippen LogP contribution in [0.15, 0.2) is 83.8 Å². The minimum absolute atomic E-state index is 0.0716. The van der Waals surface area contributed by atoms with Gasteiger partial charge in [0.1, 0.15) is 0 Å². The summed E-state index contributed by atoms with van der Waals surface area (Å²) in [4.78, 5) is 24.7. The maximum atomic E-state index is 12.9. The van der Waals surface area contributed by atoms with E-state index in [-0.39, 0.29) is 37.0 Å². The standard InChI is InChI=1S/C23H21N3O5S/c27-23(20-12-10-19(11-13-20)18-6-2-1-3-7-18)24-14-16-25(17-15-24)32(30,31)22-9-5-4-8-21(22)26(28)29/h1-13H,14-17H2. The number of nitro benzene ring substituents is 1. The van der Waals surface area contributed by atoms with Gasteiger partial charge in [-0.2, -0.15) is 4.31 Å². The number of hydrogen-bond acceptors (Lipinski definition) is 5. The van der Waals surface area contributed by atoms with E-state index in [2.05, 4.69) is 0 Å². The topological polar surface area (TPSA) is 101 Å². The number of para-hydroxylation sites is 1. The van der Waals surface area contributed by atoms with Crippen LogP contribution < -0.4 is 0 Å². The fourth-order valence-corrected chi connectivity index (χ4v) is 5.29. The van der Waals surface area contributed by atoms with E-state index in [1.54, 1.807) is 17.0 Å². The molecule has 1 heterocycles. The molecule has 32 heavy (non-hydrogen) atoms. The molecule has 1 aliphatic rings. The SMILES string of the molecule is O=C(c1ccc(-c2ccccc2)cc1)N1CCN(S(=O)(=O)c2ccccc2[N+](=O)[O-])CC1. The van der Waals surface area contributed by atoms with Gasteiger partial charge in [-0.25, -0.2) is 8.42 Å². The molecule has 1 saturated heterocycles. The number of hydrogen-bond donors (Lipinski definition) is 0. The maximum absolute atomic E-state index is 12.9. The van der Waals surface area contributed by atoms with Crippen molar-refractivity contribution >= 4 is 21.6 Å². The van der Waals surface area contributed by atoms with Crippen LogP contribution in [0.25, 0.3) is 11.1 Å². The largest absolute Gasteiger partial charge is 0.336 e. The van der Waals surface area contributed by atoms with E-state index in [0.717, 1.165) is 11.1 Å². The number of sulfonamides is 1. The number of nitro groups is 1. The quantitative estimate of drug-likeness (QED) is 0.437. The number of nitrogens with zero attached hydrogens (tertiary/aromatic N) is 3. The molecule has 164 valence electrons. The van der Waals surface area contributed by atoms with Crippen molar-refractivity contribution in [2.45, 2.75) is 4.90 Å². The Kier molecular flexibility index (Phi) is 6.02. The number of benzene rings is 3. The zero-order chi connectivity index (χ0) is 22.7. The van der Waals surface area contributed by atoms with E-state index in [9.17, 15) is 23.3 Å². The predicted molar refractivity (Wildman–Crippen MR) is 120 cm³/mol. The lowest BCUT2D eigenvalue weighted by molar-refractivity contribution is -0.387. The van der Waals surface area contributed by atoms with E-state index < -0.39 is 20.6 Å². The van der Waals surface area contributed by atoms with Gasteiger partial charge in [0.15, 0.2) is 4.90 Å². The summed E-state index contributed by atoms with van der Waals surface area (Å²) in [6.45, 7) is 0.558. The summed E-state index contributed by atoms with van der Waals surface area (Å²) in [5.41, 5.74) is 2.13. The molecule has 3 aromatic rings. The van der Waals surface area contributed by atoms with Crippen LogP contribution in [0.5, 0.6) is 0 Å². The van der Waals surface area contributed by atoms with E-state index in [4.69, 9.17) is 0 Å². The summed E-state index contributed by atoms with van der Waals surface area (Å²) in [6.07, 6.45) is 0. The van der Waals surface area contributed by atoms with Gasteiger partial charge in [-0.05, 0) is 29.3 Å². The summed E-state index contributed by atoms with van der Waals surface area (Å²) in [5.74, 6) is -0.174. The average Bonchev–Trinajstić information content (AvgIpc) is 2.84. The molecule has 0 atom stereocenters. The van der Waals surface area contributed by atoms with E-state index >= 15 is 0 Å². The van der Waals surface area contributed by atoms with Gasteiger partial charge in [-0.3, -0.25) is 14.9 Å². The second kappa shape index (κ2) is 8.89. The molecular weight excluding hydrogens is 430 g/mol. The van der Waals surface area contributed by atoms with Crippen molar-refractivity contribution in [3.8, 4) is 11.1 Å². The monoisotopic (exact) mass is 451 g/mol. The summed E-state index contributed by atoms with van der Waals surface area (Å²) in [5, 5.41) is 11.2. The number of piperazine rings is 1. The number of carbonyl (C=O) groups excluding carboxylic acids is 1. The Labute approximate surface area is 185 Å². The summed E-state index contributed by atoms with van der Waals surface area (Å²) in [6, 6.07) is 22.4. The molecule has 0 bridgehead atoms. The van der Waals surface area contributed by atoms with Gasteiger partial charge in [-0.15, -0.1) is 0 Å². The van der Waals surface area contributed by atoms with Crippen molar-refractivity contribution in [3.05, 3.63) is 94.5 Å². The Balaban J connectivity index is 1.45. The van der Waals surface area contributed by atoms with Gasteiger partial charge in [0.25, 0.3) is 11.6 Å². The van der Waals surface area contributed by atoms with Crippen molar-refractivity contribution in [2.75, 3.05) is 26.2 Å². The Morgan fingerprint density at radius 1 is 0.781 bits per heavy atom. The average molecular weight is 452 g/mol. The highest BCUT2D eigenvalue weighted by molar-refractivity contribution is 7.89. The van der Waals surface area contributed by atoms with Gasteiger partial charge in [0.05, 0.1) is 4.92 Å². The van der Waals surface area contributed by atoms with Crippen molar-refractivity contribution in [1.29, 1.82) is 0 Å². The lowest BCUT2D eigenvalue weighted by Crippen LogP contribution is -2.50. The molecule has 0 unspecified atom stereocenters.